The summed E-state index contributed by atoms with van der Waals surface area (Å²) < 4.78 is 1.87. The van der Waals surface area contributed by atoms with E-state index < -0.39 is 11.9 Å². The molecule has 1 aromatic rings. The van der Waals surface area contributed by atoms with Crippen LogP contribution in [0.15, 0.2) is 6.20 Å². The van der Waals surface area contributed by atoms with Gasteiger partial charge in [0.15, 0.2) is 0 Å². The van der Waals surface area contributed by atoms with Gasteiger partial charge < -0.3 is 14.9 Å². The monoisotopic (exact) mass is 348 g/mol. The fourth-order valence-electron chi connectivity index (χ4n) is 3.59. The highest BCUT2D eigenvalue weighted by molar-refractivity contribution is 5.97. The standard InChI is InChI=1S/C17H24N4O4/c1-19(11-15(22)20-7-4-5-12(10-20)17(24)25)16(23)13-9-18-21-8-3-2-6-14(13)21/h9,12H,2-8,10-11H2,1H3,(H,24,25)/t12-/m0/s1. The molecule has 8 heteroatoms. The Morgan fingerprint density at radius 3 is 2.84 bits per heavy atom. The van der Waals surface area contributed by atoms with Crippen LogP contribution < -0.4 is 0 Å². The number of amides is 2. The van der Waals surface area contributed by atoms with Crippen molar-refractivity contribution in [3.8, 4) is 0 Å². The van der Waals surface area contributed by atoms with E-state index in [0.29, 0.717) is 24.9 Å². The van der Waals surface area contributed by atoms with Gasteiger partial charge in [0, 0.05) is 26.7 Å². The van der Waals surface area contributed by atoms with Crippen LogP contribution in [0.5, 0.6) is 0 Å². The quantitative estimate of drug-likeness (QED) is 0.860. The van der Waals surface area contributed by atoms with Crippen molar-refractivity contribution >= 4 is 17.8 Å². The highest BCUT2D eigenvalue weighted by Crippen LogP contribution is 2.20. The maximum Gasteiger partial charge on any atom is 0.308 e. The topological polar surface area (TPSA) is 95.7 Å². The van der Waals surface area contributed by atoms with Gasteiger partial charge in [0.05, 0.1) is 29.9 Å². The number of carbonyl (C=O) groups excluding carboxylic acids is 2. The first-order chi connectivity index (χ1) is 12.0. The van der Waals surface area contributed by atoms with Crippen molar-refractivity contribution in [3.63, 3.8) is 0 Å². The summed E-state index contributed by atoms with van der Waals surface area (Å²) in [7, 11) is 1.60. The summed E-state index contributed by atoms with van der Waals surface area (Å²) in [5.74, 6) is -1.79. The Morgan fingerprint density at radius 1 is 1.28 bits per heavy atom. The summed E-state index contributed by atoms with van der Waals surface area (Å²) in [6.45, 7) is 1.55. The first-order valence-electron chi connectivity index (χ1n) is 8.78. The number of aromatic nitrogens is 2. The summed E-state index contributed by atoms with van der Waals surface area (Å²) in [5.41, 5.74) is 1.51. The molecular formula is C17H24N4O4. The molecule has 1 aromatic heterocycles. The minimum Gasteiger partial charge on any atom is -0.481 e. The largest absolute Gasteiger partial charge is 0.481 e. The second kappa shape index (κ2) is 7.25. The SMILES string of the molecule is CN(CC(=O)N1CCC[C@H](C(=O)O)C1)C(=O)c1cnn2c1CCCC2. The average molecular weight is 348 g/mol. The van der Waals surface area contributed by atoms with Crippen LogP contribution in [0, 0.1) is 5.92 Å². The first kappa shape index (κ1) is 17.4. The third kappa shape index (κ3) is 3.67. The molecule has 0 saturated carbocycles. The molecule has 2 aliphatic rings. The maximum absolute atomic E-state index is 12.7. The number of carbonyl (C=O) groups is 3. The normalized spacial score (nSPS) is 20.0. The van der Waals surface area contributed by atoms with Gasteiger partial charge in [0.25, 0.3) is 5.91 Å². The number of rotatable bonds is 4. The zero-order chi connectivity index (χ0) is 18.0. The number of likely N-dealkylation sites (N-methyl/N-ethyl adjacent to an activating group) is 1. The number of aliphatic carboxylic acids is 1. The molecule has 2 aliphatic heterocycles. The summed E-state index contributed by atoms with van der Waals surface area (Å²) in [6, 6.07) is 0. The summed E-state index contributed by atoms with van der Waals surface area (Å²) in [6.07, 6.45) is 5.80. The van der Waals surface area contributed by atoms with E-state index in [1.165, 1.54) is 4.90 Å². The van der Waals surface area contributed by atoms with E-state index in [2.05, 4.69) is 5.10 Å². The van der Waals surface area contributed by atoms with Crippen molar-refractivity contribution in [1.29, 1.82) is 0 Å². The van der Waals surface area contributed by atoms with E-state index in [4.69, 9.17) is 5.11 Å². The van der Waals surface area contributed by atoms with E-state index in [-0.39, 0.29) is 24.9 Å². The van der Waals surface area contributed by atoms with E-state index in [1.807, 2.05) is 4.68 Å². The molecule has 3 rings (SSSR count). The third-order valence-electron chi connectivity index (χ3n) is 5.06. The number of hydrogen-bond donors (Lipinski definition) is 1. The number of nitrogens with zero attached hydrogens (tertiary/aromatic N) is 4. The number of aryl methyl sites for hydroxylation is 1. The van der Waals surface area contributed by atoms with Gasteiger partial charge in [-0.2, -0.15) is 5.10 Å². The van der Waals surface area contributed by atoms with Gasteiger partial charge in [0.1, 0.15) is 0 Å². The van der Waals surface area contributed by atoms with Gasteiger partial charge >= 0.3 is 5.97 Å². The van der Waals surface area contributed by atoms with Crippen LogP contribution in [-0.4, -0.2) is 69.2 Å². The van der Waals surface area contributed by atoms with Crippen molar-refractivity contribution in [1.82, 2.24) is 19.6 Å². The predicted molar refractivity (Wildman–Crippen MR) is 89.1 cm³/mol. The number of piperidine rings is 1. The van der Waals surface area contributed by atoms with Crippen LogP contribution >= 0.6 is 0 Å². The molecule has 1 atom stereocenters. The van der Waals surface area contributed by atoms with E-state index >= 15 is 0 Å². The van der Waals surface area contributed by atoms with Gasteiger partial charge in [-0.25, -0.2) is 0 Å². The molecule has 0 aliphatic carbocycles. The molecule has 2 amide bonds. The van der Waals surface area contributed by atoms with Crippen LogP contribution in [0.4, 0.5) is 0 Å². The maximum atomic E-state index is 12.7. The summed E-state index contributed by atoms with van der Waals surface area (Å²) in [5, 5.41) is 13.4. The van der Waals surface area contributed by atoms with Gasteiger partial charge in [-0.05, 0) is 32.1 Å². The second-order valence-corrected chi connectivity index (χ2v) is 6.86. The van der Waals surface area contributed by atoms with Gasteiger partial charge in [-0.3, -0.25) is 19.1 Å². The fourth-order valence-corrected chi connectivity index (χ4v) is 3.59. The van der Waals surface area contributed by atoms with Crippen LogP contribution in [-0.2, 0) is 22.6 Å². The zero-order valence-corrected chi connectivity index (χ0v) is 14.5. The number of hydrogen-bond acceptors (Lipinski definition) is 4. The van der Waals surface area contributed by atoms with Gasteiger partial charge in [-0.15, -0.1) is 0 Å². The first-order valence-corrected chi connectivity index (χ1v) is 8.78. The lowest BCUT2D eigenvalue weighted by Gasteiger charge is -2.32. The summed E-state index contributed by atoms with van der Waals surface area (Å²) >= 11 is 0. The Kier molecular flexibility index (Phi) is 5.06. The molecule has 8 nitrogen and oxygen atoms in total. The van der Waals surface area contributed by atoms with Crippen molar-refractivity contribution in [2.75, 3.05) is 26.7 Å². The molecule has 1 N–H and O–H groups in total. The molecule has 0 radical (unpaired) electrons. The predicted octanol–water partition coefficient (Wildman–Crippen LogP) is 0.615. The van der Waals surface area contributed by atoms with Gasteiger partial charge in [-0.1, -0.05) is 0 Å². The molecule has 0 aromatic carbocycles. The molecule has 1 saturated heterocycles. The smallest absolute Gasteiger partial charge is 0.308 e. The second-order valence-electron chi connectivity index (χ2n) is 6.86. The van der Waals surface area contributed by atoms with Crippen molar-refractivity contribution in [3.05, 3.63) is 17.5 Å². The number of carboxylic acid groups (broad SMARTS) is 1. The van der Waals surface area contributed by atoms with Crippen LogP contribution in [0.3, 0.4) is 0 Å². The summed E-state index contributed by atoms with van der Waals surface area (Å²) in [4.78, 5) is 39.2. The molecule has 136 valence electrons. The van der Waals surface area contributed by atoms with E-state index in [9.17, 15) is 14.4 Å². The molecule has 1 fully saturated rings. The average Bonchev–Trinajstić information content (AvgIpc) is 3.05. The lowest BCUT2D eigenvalue weighted by atomic mass is 9.98. The molecule has 0 unspecified atom stereocenters. The zero-order valence-electron chi connectivity index (χ0n) is 14.5. The number of fused-ring (bicyclic) bond motifs is 1. The van der Waals surface area contributed by atoms with Crippen LogP contribution in [0.1, 0.15) is 41.7 Å². The van der Waals surface area contributed by atoms with Crippen molar-refractivity contribution < 1.29 is 19.5 Å². The Balaban J connectivity index is 1.62. The minimum atomic E-state index is -0.867. The number of carboxylic acids is 1. The lowest BCUT2D eigenvalue weighted by molar-refractivity contribution is -0.145. The van der Waals surface area contributed by atoms with E-state index in [0.717, 1.165) is 31.5 Å². The highest BCUT2D eigenvalue weighted by atomic mass is 16.4. The fraction of sp³-hybridized carbons (Fsp3) is 0.647. The Labute approximate surface area is 146 Å². The Morgan fingerprint density at radius 2 is 2.08 bits per heavy atom. The molecule has 3 heterocycles. The van der Waals surface area contributed by atoms with Crippen LogP contribution in [0.2, 0.25) is 0 Å². The number of likely N-dealkylation sites (tertiary alicyclic amines) is 1. The minimum absolute atomic E-state index is 0.0458. The van der Waals surface area contributed by atoms with Gasteiger partial charge in [0.2, 0.25) is 5.91 Å². The Bertz CT molecular complexity index is 684. The van der Waals surface area contributed by atoms with E-state index in [1.54, 1.807) is 18.1 Å². The third-order valence-corrected chi connectivity index (χ3v) is 5.06. The molecule has 0 spiro atoms. The molecular weight excluding hydrogens is 324 g/mol. The van der Waals surface area contributed by atoms with Crippen molar-refractivity contribution in [2.45, 2.75) is 38.6 Å². The lowest BCUT2D eigenvalue weighted by Crippen LogP contribution is -2.47. The highest BCUT2D eigenvalue weighted by Gasteiger charge is 2.30. The Hall–Kier alpha value is -2.38. The van der Waals surface area contributed by atoms with Crippen LogP contribution in [0.25, 0.3) is 0 Å². The molecule has 0 bridgehead atoms. The molecule has 25 heavy (non-hydrogen) atoms. The van der Waals surface area contributed by atoms with Crippen molar-refractivity contribution in [2.24, 2.45) is 5.92 Å².